The van der Waals surface area contributed by atoms with E-state index >= 15 is 0 Å². The van der Waals surface area contributed by atoms with Gasteiger partial charge in [-0.1, -0.05) is 36.0 Å². The first-order chi connectivity index (χ1) is 10.1. The highest BCUT2D eigenvalue weighted by Gasteiger charge is 2.21. The molecule has 2 atom stereocenters. The number of benzene rings is 1. The molecule has 1 aliphatic rings. The first-order valence-corrected chi connectivity index (χ1v) is 8.31. The highest BCUT2D eigenvalue weighted by molar-refractivity contribution is 6.35. The minimum Gasteiger partial charge on any atom is -0.489 e. The number of rotatable bonds is 7. The summed E-state index contributed by atoms with van der Waals surface area (Å²) in [7, 11) is 0. The minimum absolute atomic E-state index is 0.214. The lowest BCUT2D eigenvalue weighted by Gasteiger charge is -2.22. The molecule has 1 aliphatic carbocycles. The smallest absolute Gasteiger partial charge is 0.138 e. The normalized spacial score (nSPS) is 18.7. The molecular formula is C16H23Cl2NO2. The van der Waals surface area contributed by atoms with E-state index in [0.29, 0.717) is 28.4 Å². The van der Waals surface area contributed by atoms with Gasteiger partial charge in [0.05, 0.1) is 5.02 Å². The van der Waals surface area contributed by atoms with Gasteiger partial charge in [0.2, 0.25) is 0 Å². The van der Waals surface area contributed by atoms with E-state index in [1.807, 2.05) is 0 Å². The van der Waals surface area contributed by atoms with Crippen LogP contribution in [0.25, 0.3) is 0 Å². The Hall–Kier alpha value is -0.480. The zero-order chi connectivity index (χ0) is 15.2. The van der Waals surface area contributed by atoms with Gasteiger partial charge in [-0.3, -0.25) is 0 Å². The first kappa shape index (κ1) is 16.9. The molecule has 21 heavy (non-hydrogen) atoms. The lowest BCUT2D eigenvalue weighted by atomic mass is 10.00. The number of halogens is 2. The van der Waals surface area contributed by atoms with E-state index in [2.05, 4.69) is 12.2 Å². The van der Waals surface area contributed by atoms with Crippen LogP contribution in [0.3, 0.4) is 0 Å². The van der Waals surface area contributed by atoms with Gasteiger partial charge < -0.3 is 15.2 Å². The fraction of sp³-hybridized carbons (Fsp3) is 0.625. The Labute approximate surface area is 136 Å². The molecule has 0 aromatic heterocycles. The number of hydrogen-bond donors (Lipinski definition) is 2. The van der Waals surface area contributed by atoms with Crippen LogP contribution in [0.15, 0.2) is 18.2 Å². The molecule has 0 amide bonds. The van der Waals surface area contributed by atoms with Crippen LogP contribution < -0.4 is 10.1 Å². The molecule has 0 saturated heterocycles. The molecule has 0 aliphatic heterocycles. The number of aliphatic hydroxyl groups is 1. The van der Waals surface area contributed by atoms with Crippen LogP contribution in [-0.2, 0) is 0 Å². The van der Waals surface area contributed by atoms with Crippen molar-refractivity contribution in [3.05, 3.63) is 28.2 Å². The van der Waals surface area contributed by atoms with Crippen LogP contribution in [0.5, 0.6) is 5.75 Å². The van der Waals surface area contributed by atoms with E-state index in [1.165, 1.54) is 25.7 Å². The van der Waals surface area contributed by atoms with Crippen LogP contribution in [-0.4, -0.2) is 30.4 Å². The van der Waals surface area contributed by atoms with E-state index < -0.39 is 6.10 Å². The lowest BCUT2D eigenvalue weighted by Crippen LogP contribution is -2.39. The lowest BCUT2D eigenvalue weighted by molar-refractivity contribution is 0.102. The summed E-state index contributed by atoms with van der Waals surface area (Å²) in [6.45, 7) is 2.94. The highest BCUT2D eigenvalue weighted by Crippen LogP contribution is 2.28. The molecule has 118 valence electrons. The second-order valence-electron chi connectivity index (χ2n) is 5.78. The molecule has 1 aromatic rings. The highest BCUT2D eigenvalue weighted by atomic mass is 35.5. The number of aliphatic hydroxyl groups excluding tert-OH is 1. The summed E-state index contributed by atoms with van der Waals surface area (Å²) in [5, 5.41) is 14.4. The molecule has 2 N–H and O–H groups in total. The summed E-state index contributed by atoms with van der Waals surface area (Å²) in [4.78, 5) is 0. The Morgan fingerprint density at radius 2 is 2.05 bits per heavy atom. The van der Waals surface area contributed by atoms with E-state index in [4.69, 9.17) is 27.9 Å². The van der Waals surface area contributed by atoms with Crippen molar-refractivity contribution in [1.82, 2.24) is 5.32 Å². The number of hydrogen-bond acceptors (Lipinski definition) is 3. The Bertz CT molecular complexity index is 450. The van der Waals surface area contributed by atoms with Crippen molar-refractivity contribution < 1.29 is 9.84 Å². The average Bonchev–Trinajstić information content (AvgIpc) is 2.98. The van der Waals surface area contributed by atoms with Gasteiger partial charge in [-0.05, 0) is 43.9 Å². The molecule has 1 unspecified atom stereocenters. The molecule has 5 heteroatoms. The van der Waals surface area contributed by atoms with Crippen LogP contribution in [0.4, 0.5) is 0 Å². The minimum atomic E-state index is -0.555. The molecule has 1 aromatic carbocycles. The summed E-state index contributed by atoms with van der Waals surface area (Å²) in [6, 6.07) is 5.51. The molecule has 1 fully saturated rings. The number of ether oxygens (including phenoxy) is 1. The fourth-order valence-electron chi connectivity index (χ4n) is 2.78. The van der Waals surface area contributed by atoms with Crippen molar-refractivity contribution in [2.75, 3.05) is 13.2 Å². The first-order valence-electron chi connectivity index (χ1n) is 7.55. The van der Waals surface area contributed by atoms with E-state index in [9.17, 15) is 5.11 Å². The molecule has 3 nitrogen and oxygen atoms in total. The van der Waals surface area contributed by atoms with Gasteiger partial charge in [0.15, 0.2) is 0 Å². The van der Waals surface area contributed by atoms with Gasteiger partial charge in [-0.15, -0.1) is 0 Å². The van der Waals surface area contributed by atoms with Crippen LogP contribution in [0.1, 0.15) is 32.6 Å². The summed E-state index contributed by atoms with van der Waals surface area (Å²) in [5.74, 6) is 1.28. The monoisotopic (exact) mass is 331 g/mol. The Morgan fingerprint density at radius 3 is 2.71 bits per heavy atom. The molecule has 0 radical (unpaired) electrons. The van der Waals surface area contributed by atoms with Gasteiger partial charge in [0, 0.05) is 17.6 Å². The third-order valence-corrected chi connectivity index (χ3v) is 4.64. The topological polar surface area (TPSA) is 41.5 Å². The molecular weight excluding hydrogens is 309 g/mol. The van der Waals surface area contributed by atoms with E-state index in [0.717, 1.165) is 5.92 Å². The SMILES string of the molecule is C[C@@H](NCC(O)COc1ccc(Cl)cc1Cl)C1CCCC1. The van der Waals surface area contributed by atoms with Crippen molar-refractivity contribution >= 4 is 23.2 Å². The largest absolute Gasteiger partial charge is 0.489 e. The van der Waals surface area contributed by atoms with Crippen molar-refractivity contribution in [3.8, 4) is 5.75 Å². The second-order valence-corrected chi connectivity index (χ2v) is 6.62. The number of nitrogens with one attached hydrogen (secondary N) is 1. The van der Waals surface area contributed by atoms with Crippen LogP contribution in [0, 0.1) is 5.92 Å². The zero-order valence-electron chi connectivity index (χ0n) is 12.3. The van der Waals surface area contributed by atoms with Crippen molar-refractivity contribution in [1.29, 1.82) is 0 Å². The van der Waals surface area contributed by atoms with Gasteiger partial charge in [0.25, 0.3) is 0 Å². The van der Waals surface area contributed by atoms with Crippen LogP contribution >= 0.6 is 23.2 Å². The summed E-state index contributed by atoms with van der Waals surface area (Å²) in [5.41, 5.74) is 0. The maximum Gasteiger partial charge on any atom is 0.138 e. The Balaban J connectivity index is 1.70. The predicted molar refractivity (Wildman–Crippen MR) is 87.4 cm³/mol. The third kappa shape index (κ3) is 5.33. The van der Waals surface area contributed by atoms with Gasteiger partial charge in [-0.25, -0.2) is 0 Å². The van der Waals surface area contributed by atoms with E-state index in [-0.39, 0.29) is 6.61 Å². The Kier molecular flexibility index (Phi) is 6.62. The average molecular weight is 332 g/mol. The fourth-order valence-corrected chi connectivity index (χ4v) is 3.25. The maximum absolute atomic E-state index is 9.99. The second kappa shape index (κ2) is 8.23. The van der Waals surface area contributed by atoms with Crippen molar-refractivity contribution in [2.24, 2.45) is 5.92 Å². The van der Waals surface area contributed by atoms with Crippen LogP contribution in [0.2, 0.25) is 10.0 Å². The van der Waals surface area contributed by atoms with Gasteiger partial charge in [-0.2, -0.15) is 0 Å². The predicted octanol–water partition coefficient (Wildman–Crippen LogP) is 3.90. The summed E-state index contributed by atoms with van der Waals surface area (Å²) < 4.78 is 5.53. The molecule has 1 saturated carbocycles. The molecule has 0 spiro atoms. The third-order valence-electron chi connectivity index (χ3n) is 4.11. The van der Waals surface area contributed by atoms with Crippen molar-refractivity contribution in [3.63, 3.8) is 0 Å². The maximum atomic E-state index is 9.99. The summed E-state index contributed by atoms with van der Waals surface area (Å²) >= 11 is 11.8. The molecule has 0 heterocycles. The molecule has 0 bridgehead atoms. The van der Waals surface area contributed by atoms with E-state index in [1.54, 1.807) is 18.2 Å². The summed E-state index contributed by atoms with van der Waals surface area (Å²) in [6.07, 6.45) is 4.69. The standard InChI is InChI=1S/C16H23Cl2NO2/c1-11(12-4-2-3-5-12)19-9-14(20)10-21-16-7-6-13(17)8-15(16)18/h6-8,11-12,14,19-20H,2-5,9-10H2,1H3/t11-,14?/m1/s1. The quantitative estimate of drug-likeness (QED) is 0.796. The van der Waals surface area contributed by atoms with Gasteiger partial charge >= 0.3 is 0 Å². The van der Waals surface area contributed by atoms with Gasteiger partial charge in [0.1, 0.15) is 18.5 Å². The molecule has 2 rings (SSSR count). The van der Waals surface area contributed by atoms with Crippen molar-refractivity contribution in [2.45, 2.75) is 44.8 Å². The zero-order valence-corrected chi connectivity index (χ0v) is 13.8. The Morgan fingerprint density at radius 1 is 1.33 bits per heavy atom.